The summed E-state index contributed by atoms with van der Waals surface area (Å²) in [7, 11) is 0. The Bertz CT molecular complexity index is 1790. The number of hydrogen-bond donors (Lipinski definition) is 14. The standard InChI is InChI=1S/C66H123NO22/c1-4-6-8-10-12-14-16-18-19-20-21-22-23-24-25-27-29-31-33-35-37-39-50(72)67-45(46(71)38-36-34-32-30-28-26-17-15-13-11-9-7-5-2)43-82-63-59(81)56(78)60(49(42-70)86-63)87-66-62(89-64-57(79)54(76)51(73)44(3)83-64)61(53(75)48(41-69)85-66)88-65-58(80)55(77)52(74)47(40-68)84-65/h36,38,44-49,51-66,68-71,73-81H,4-35,37,39-43H2,1-3H3,(H,67,72)/b38-36+/t44?,45-,46+,47?,48?,49?,51+,52-,53-,54?,55-,56+,57-,58?,59?,60+,61-,62?,63+,64+,65+,66-/m0/s1. The van der Waals surface area contributed by atoms with Crippen molar-refractivity contribution in [1.29, 1.82) is 0 Å². The van der Waals surface area contributed by atoms with E-state index in [1.165, 1.54) is 161 Å². The van der Waals surface area contributed by atoms with Gasteiger partial charge in [0.2, 0.25) is 5.91 Å². The van der Waals surface area contributed by atoms with Crippen LogP contribution in [-0.2, 0) is 42.7 Å². The highest BCUT2D eigenvalue weighted by Crippen LogP contribution is 2.36. The van der Waals surface area contributed by atoms with E-state index >= 15 is 0 Å². The molecule has 0 aromatic carbocycles. The van der Waals surface area contributed by atoms with Crippen molar-refractivity contribution < 1.29 is 109 Å². The molecule has 4 saturated heterocycles. The molecule has 0 spiro atoms. The Morgan fingerprint density at radius 3 is 1.28 bits per heavy atom. The molecule has 4 rings (SSSR count). The number of aliphatic hydroxyl groups excluding tert-OH is 13. The van der Waals surface area contributed by atoms with Gasteiger partial charge >= 0.3 is 0 Å². The Morgan fingerprint density at radius 2 is 0.798 bits per heavy atom. The Labute approximate surface area is 531 Å². The van der Waals surface area contributed by atoms with Gasteiger partial charge in [-0.3, -0.25) is 4.79 Å². The maximum Gasteiger partial charge on any atom is 0.220 e. The molecule has 1 amide bonds. The van der Waals surface area contributed by atoms with Crippen LogP contribution in [-0.4, -0.2) is 234 Å². The molecular formula is C66H123NO22. The molecule has 23 nitrogen and oxygen atoms in total. The number of ether oxygens (including phenoxy) is 8. The monoisotopic (exact) mass is 1280 g/mol. The van der Waals surface area contributed by atoms with Crippen LogP contribution in [0.1, 0.15) is 239 Å². The van der Waals surface area contributed by atoms with Crippen molar-refractivity contribution in [2.75, 3.05) is 26.4 Å². The number of amides is 1. The summed E-state index contributed by atoms with van der Waals surface area (Å²) >= 11 is 0. The fourth-order valence-electron chi connectivity index (χ4n) is 12.3. The van der Waals surface area contributed by atoms with Crippen molar-refractivity contribution >= 4 is 5.91 Å². The van der Waals surface area contributed by atoms with E-state index in [1.54, 1.807) is 6.08 Å². The average molecular weight is 1280 g/mol. The lowest BCUT2D eigenvalue weighted by molar-refractivity contribution is -0.405. The highest BCUT2D eigenvalue weighted by molar-refractivity contribution is 5.76. The van der Waals surface area contributed by atoms with Gasteiger partial charge in [-0.1, -0.05) is 219 Å². The lowest BCUT2D eigenvalue weighted by atomic mass is 9.95. The topological polar surface area (TPSA) is 366 Å². The third kappa shape index (κ3) is 28.3. The molecule has 4 aliphatic heterocycles. The fraction of sp³-hybridized carbons (Fsp3) is 0.955. The van der Waals surface area contributed by atoms with Crippen LogP contribution in [0.25, 0.3) is 0 Å². The van der Waals surface area contributed by atoms with Gasteiger partial charge < -0.3 is 110 Å². The summed E-state index contributed by atoms with van der Waals surface area (Å²) < 4.78 is 47.4. The van der Waals surface area contributed by atoms with Crippen LogP contribution in [0.3, 0.4) is 0 Å². The molecule has 0 aromatic rings. The minimum absolute atomic E-state index is 0.210. The zero-order chi connectivity index (χ0) is 64.9. The second-order valence-electron chi connectivity index (χ2n) is 25.7. The summed E-state index contributed by atoms with van der Waals surface area (Å²) in [5, 5.41) is 145. The first-order valence-corrected chi connectivity index (χ1v) is 34.8. The molecule has 4 fully saturated rings. The van der Waals surface area contributed by atoms with Gasteiger partial charge in [0, 0.05) is 6.42 Å². The van der Waals surface area contributed by atoms with Crippen LogP contribution in [0.15, 0.2) is 12.2 Å². The zero-order valence-corrected chi connectivity index (χ0v) is 54.2. The minimum Gasteiger partial charge on any atom is -0.394 e. The van der Waals surface area contributed by atoms with Crippen molar-refractivity contribution in [1.82, 2.24) is 5.32 Å². The molecule has 8 unspecified atom stereocenters. The first-order chi connectivity index (χ1) is 43.0. The maximum absolute atomic E-state index is 13.5. The summed E-state index contributed by atoms with van der Waals surface area (Å²) in [6, 6.07) is -1.03. The molecule has 4 heterocycles. The summed E-state index contributed by atoms with van der Waals surface area (Å²) in [5.41, 5.74) is 0. The number of allylic oxidation sites excluding steroid dienone is 1. The first kappa shape index (κ1) is 79.8. The van der Waals surface area contributed by atoms with Gasteiger partial charge in [-0.2, -0.15) is 0 Å². The van der Waals surface area contributed by atoms with Crippen molar-refractivity contribution in [2.24, 2.45) is 0 Å². The normalized spacial score (nSPS) is 33.4. The second kappa shape index (κ2) is 46.5. The highest BCUT2D eigenvalue weighted by Gasteiger charge is 2.56. The van der Waals surface area contributed by atoms with E-state index in [0.29, 0.717) is 12.8 Å². The smallest absolute Gasteiger partial charge is 0.220 e. The zero-order valence-electron chi connectivity index (χ0n) is 54.2. The Morgan fingerprint density at radius 1 is 0.416 bits per heavy atom. The van der Waals surface area contributed by atoms with E-state index in [-0.39, 0.29) is 12.3 Å². The van der Waals surface area contributed by atoms with E-state index in [4.69, 9.17) is 37.9 Å². The summed E-state index contributed by atoms with van der Waals surface area (Å²) in [6.07, 6.45) is 6.67. The van der Waals surface area contributed by atoms with Crippen molar-refractivity contribution in [3.63, 3.8) is 0 Å². The second-order valence-corrected chi connectivity index (χ2v) is 25.7. The lowest BCUT2D eigenvalue weighted by Gasteiger charge is -2.50. The van der Waals surface area contributed by atoms with Gasteiger partial charge in [-0.05, 0) is 26.2 Å². The molecule has 524 valence electrons. The van der Waals surface area contributed by atoms with Crippen molar-refractivity contribution in [3.05, 3.63) is 12.2 Å². The van der Waals surface area contributed by atoms with E-state index < -0.39 is 161 Å². The van der Waals surface area contributed by atoms with Crippen LogP contribution in [0, 0.1) is 0 Å². The van der Waals surface area contributed by atoms with Crippen LogP contribution >= 0.6 is 0 Å². The van der Waals surface area contributed by atoms with Crippen LogP contribution < -0.4 is 5.32 Å². The van der Waals surface area contributed by atoms with Crippen molar-refractivity contribution in [3.8, 4) is 0 Å². The molecule has 0 aliphatic carbocycles. The number of aliphatic hydroxyl groups is 13. The molecule has 0 bridgehead atoms. The molecule has 0 radical (unpaired) electrons. The fourth-order valence-corrected chi connectivity index (χ4v) is 12.3. The maximum atomic E-state index is 13.5. The molecule has 4 aliphatic rings. The Kier molecular flexibility index (Phi) is 41.7. The van der Waals surface area contributed by atoms with Gasteiger partial charge in [0.15, 0.2) is 25.2 Å². The molecule has 23 heteroatoms. The predicted molar refractivity (Wildman–Crippen MR) is 332 cm³/mol. The van der Waals surface area contributed by atoms with Gasteiger partial charge in [0.05, 0.1) is 44.7 Å². The molecule has 14 N–H and O–H groups in total. The molecule has 0 aromatic heterocycles. The van der Waals surface area contributed by atoms with E-state index in [1.807, 2.05) is 6.08 Å². The number of carbonyl (C=O) groups excluding carboxylic acids is 1. The molecular weight excluding hydrogens is 1160 g/mol. The van der Waals surface area contributed by atoms with E-state index in [2.05, 4.69) is 19.2 Å². The lowest BCUT2D eigenvalue weighted by Crippen LogP contribution is -2.68. The summed E-state index contributed by atoms with van der Waals surface area (Å²) in [5.74, 6) is -0.309. The number of hydrogen-bond acceptors (Lipinski definition) is 22. The highest BCUT2D eigenvalue weighted by atomic mass is 16.8. The van der Waals surface area contributed by atoms with Crippen LogP contribution in [0.4, 0.5) is 0 Å². The number of nitrogens with one attached hydrogen (secondary N) is 1. The number of rotatable bonds is 49. The average Bonchev–Trinajstić information content (AvgIpc) is 0.921. The molecule has 0 saturated carbocycles. The molecule has 22 atom stereocenters. The van der Waals surface area contributed by atoms with Gasteiger partial charge in [-0.15, -0.1) is 0 Å². The largest absolute Gasteiger partial charge is 0.394 e. The predicted octanol–water partition coefficient (Wildman–Crippen LogP) is 5.01. The number of unbranched alkanes of at least 4 members (excludes halogenated alkanes) is 31. The van der Waals surface area contributed by atoms with E-state index in [0.717, 1.165) is 44.9 Å². The van der Waals surface area contributed by atoms with Crippen molar-refractivity contribution in [2.45, 2.75) is 374 Å². The summed E-state index contributed by atoms with van der Waals surface area (Å²) in [6.45, 7) is 2.75. The van der Waals surface area contributed by atoms with Gasteiger partial charge in [0.1, 0.15) is 91.6 Å². The van der Waals surface area contributed by atoms with E-state index in [9.17, 15) is 71.2 Å². The summed E-state index contributed by atoms with van der Waals surface area (Å²) in [4.78, 5) is 13.5. The van der Waals surface area contributed by atoms with Crippen LogP contribution in [0.2, 0.25) is 0 Å². The van der Waals surface area contributed by atoms with Gasteiger partial charge in [0.25, 0.3) is 0 Å². The molecule has 89 heavy (non-hydrogen) atoms. The SMILES string of the molecule is CCCCCCCCCCCCC/C=C/[C@@H](O)[C@H](CO[C@@H]1OC(CO)[C@@H](O[C@@H]2OC(CO)[C@H](O)[C@H](O[C@H]3OC(CO)[C@H](O)[C@H](O)C3O)C2O[C@H]2OC(C)[C@@H](O)C(O)[C@@H]2O)[C@H](O)C1O)NC(=O)CCCCCCCCCCCCCCCCCCCCCCC. The van der Waals surface area contributed by atoms with Gasteiger partial charge in [-0.25, -0.2) is 0 Å². The van der Waals surface area contributed by atoms with Crippen LogP contribution in [0.5, 0.6) is 0 Å². The minimum atomic E-state index is -2.02. The Hall–Kier alpha value is -1.63. The third-order valence-corrected chi connectivity index (χ3v) is 18.2. The number of carbonyl (C=O) groups is 1. The third-order valence-electron chi connectivity index (χ3n) is 18.2. The quantitative estimate of drug-likeness (QED) is 0.0281. The first-order valence-electron chi connectivity index (χ1n) is 34.8. The Balaban J connectivity index is 1.35.